The van der Waals surface area contributed by atoms with Gasteiger partial charge in [0.1, 0.15) is 5.65 Å². The van der Waals surface area contributed by atoms with Gasteiger partial charge in [0.2, 0.25) is 0 Å². The van der Waals surface area contributed by atoms with Crippen LogP contribution in [0.3, 0.4) is 0 Å². The molecule has 0 amide bonds. The summed E-state index contributed by atoms with van der Waals surface area (Å²) in [7, 11) is 0. The number of benzene rings is 7. The number of halogens is 4. The maximum Gasteiger partial charge on any atom is 0.160 e. The number of imidazole rings is 1. The van der Waals surface area contributed by atoms with Crippen molar-refractivity contribution >= 4 is 141 Å². The number of nitrogens with zero attached hydrogens (tertiary/aromatic N) is 3. The van der Waals surface area contributed by atoms with E-state index in [1.54, 1.807) is 13.0 Å². The zero-order valence-corrected chi connectivity index (χ0v) is 30.9. The highest BCUT2D eigenvalue weighted by Crippen LogP contribution is 2.53. The fourth-order valence-corrected chi connectivity index (χ4v) is 8.81. The number of aryl methyl sites for hydroxylation is 1. The Morgan fingerprint density at radius 1 is 0.680 bits per heavy atom. The molecule has 0 fully saturated rings. The number of ketones is 1. The number of pyridine rings is 1. The second-order valence-corrected chi connectivity index (χ2v) is 14.0. The SMILES string of the molecule is C=c1c2cc(Cl)c3c4c(Cl)cc(C(C)=O)c5c(C(C)=Nc6ccccc6C)cc(Cl)c(c6c(Cl)cc(c2c36)c2nc3ccccc3n12)c54.CC. The molecular formula is C42H29Cl4N3O. The van der Waals surface area contributed by atoms with Gasteiger partial charge in [0.05, 0.1) is 16.7 Å². The molecule has 0 unspecified atom stereocenters. The van der Waals surface area contributed by atoms with Gasteiger partial charge in [-0.1, -0.05) is 97.2 Å². The maximum atomic E-state index is 13.3. The summed E-state index contributed by atoms with van der Waals surface area (Å²) < 4.78 is 2.06. The Bertz CT molecular complexity index is 2990. The van der Waals surface area contributed by atoms with Crippen LogP contribution in [-0.2, 0) is 0 Å². The molecule has 0 atom stereocenters. The molecule has 8 heteroatoms. The Kier molecular flexibility index (Phi) is 7.74. The first kappa shape index (κ1) is 32.7. The average molecular weight is 734 g/mol. The normalized spacial score (nSPS) is 12.4. The molecule has 0 aliphatic rings. The second-order valence-electron chi connectivity index (χ2n) is 12.4. The van der Waals surface area contributed by atoms with Gasteiger partial charge in [-0.25, -0.2) is 4.98 Å². The molecule has 2 heterocycles. The van der Waals surface area contributed by atoms with Gasteiger partial charge in [-0.3, -0.25) is 14.2 Å². The van der Waals surface area contributed by atoms with E-state index in [9.17, 15) is 4.79 Å². The molecule has 4 nitrogen and oxygen atoms in total. The number of Topliss-reactive ketones (excluding diaryl/α,β-unsaturated/α-hetero) is 1. The van der Waals surface area contributed by atoms with Crippen molar-refractivity contribution in [2.45, 2.75) is 34.6 Å². The highest BCUT2D eigenvalue weighted by Gasteiger charge is 2.28. The molecule has 0 N–H and O–H groups in total. The number of para-hydroxylation sites is 3. The smallest absolute Gasteiger partial charge is 0.160 e. The number of fused-ring (bicyclic) bond motifs is 6. The van der Waals surface area contributed by atoms with Gasteiger partial charge >= 0.3 is 0 Å². The summed E-state index contributed by atoms with van der Waals surface area (Å²) in [5, 5.41) is 10.3. The lowest BCUT2D eigenvalue weighted by molar-refractivity contribution is 0.101. The van der Waals surface area contributed by atoms with Crippen LogP contribution in [0, 0.1) is 6.92 Å². The van der Waals surface area contributed by atoms with Crippen LogP contribution < -0.4 is 5.35 Å². The first-order valence-electron chi connectivity index (χ1n) is 16.3. The maximum absolute atomic E-state index is 13.3. The molecule has 0 aliphatic heterocycles. The molecule has 50 heavy (non-hydrogen) atoms. The predicted molar refractivity (Wildman–Crippen MR) is 217 cm³/mol. The van der Waals surface area contributed by atoms with Crippen molar-refractivity contribution < 1.29 is 4.79 Å². The van der Waals surface area contributed by atoms with Crippen molar-refractivity contribution in [2.75, 3.05) is 0 Å². The lowest BCUT2D eigenvalue weighted by Gasteiger charge is -2.23. The molecule has 9 aromatic rings. The number of hydrogen-bond acceptors (Lipinski definition) is 3. The third-order valence-electron chi connectivity index (χ3n) is 9.67. The highest BCUT2D eigenvalue weighted by atomic mass is 35.5. The molecule has 2 aromatic heterocycles. The van der Waals surface area contributed by atoms with Gasteiger partial charge in [-0.2, -0.15) is 0 Å². The summed E-state index contributed by atoms with van der Waals surface area (Å²) in [6.45, 7) is 14.0. The molecule has 0 spiro atoms. The molecule has 9 rings (SSSR count). The van der Waals surface area contributed by atoms with Crippen LogP contribution in [0.4, 0.5) is 5.69 Å². The minimum atomic E-state index is -0.134. The van der Waals surface area contributed by atoms with E-state index in [4.69, 9.17) is 56.4 Å². The molecule has 0 saturated heterocycles. The van der Waals surface area contributed by atoms with E-state index in [1.807, 2.05) is 94.4 Å². The van der Waals surface area contributed by atoms with E-state index in [2.05, 4.69) is 11.0 Å². The van der Waals surface area contributed by atoms with Crippen molar-refractivity contribution in [1.29, 1.82) is 0 Å². The summed E-state index contributed by atoms with van der Waals surface area (Å²) >= 11 is 29.2. The summed E-state index contributed by atoms with van der Waals surface area (Å²) in [5.74, 6) is -0.134. The predicted octanol–water partition coefficient (Wildman–Crippen LogP) is 13.1. The molecule has 246 valence electrons. The zero-order valence-electron chi connectivity index (χ0n) is 27.9. The van der Waals surface area contributed by atoms with Crippen LogP contribution in [0.25, 0.3) is 77.1 Å². The summed E-state index contributed by atoms with van der Waals surface area (Å²) in [6.07, 6.45) is 0. The van der Waals surface area contributed by atoms with Gasteiger partial charge < -0.3 is 0 Å². The third-order valence-corrected chi connectivity index (χ3v) is 10.9. The van der Waals surface area contributed by atoms with Crippen LogP contribution in [0.2, 0.25) is 20.1 Å². The third kappa shape index (κ3) is 4.42. The fraction of sp³-hybridized carbons (Fsp3) is 0.119. The molecule has 7 aromatic carbocycles. The lowest BCUT2D eigenvalue weighted by Crippen LogP contribution is -2.13. The molecule has 0 radical (unpaired) electrons. The number of aromatic nitrogens is 2. The van der Waals surface area contributed by atoms with Crippen molar-refractivity contribution in [3.05, 3.63) is 115 Å². The monoisotopic (exact) mass is 731 g/mol. The highest BCUT2D eigenvalue weighted by molar-refractivity contribution is 6.56. The van der Waals surface area contributed by atoms with Crippen molar-refractivity contribution in [1.82, 2.24) is 9.38 Å². The van der Waals surface area contributed by atoms with Gasteiger partial charge in [0.15, 0.2) is 5.78 Å². The second kappa shape index (κ2) is 11.8. The molecule has 0 aliphatic carbocycles. The Morgan fingerprint density at radius 3 is 1.86 bits per heavy atom. The van der Waals surface area contributed by atoms with Crippen molar-refractivity contribution in [3.63, 3.8) is 0 Å². The van der Waals surface area contributed by atoms with E-state index in [0.717, 1.165) is 76.5 Å². The molecule has 0 saturated carbocycles. The Hall–Kier alpha value is -4.45. The Morgan fingerprint density at radius 2 is 1.22 bits per heavy atom. The van der Waals surface area contributed by atoms with Crippen LogP contribution in [0.5, 0.6) is 0 Å². The average Bonchev–Trinajstić information content (AvgIpc) is 3.50. The quantitative estimate of drug-likeness (QED) is 0.0786. The van der Waals surface area contributed by atoms with Gasteiger partial charge in [-0.15, -0.1) is 0 Å². The molecule has 0 bridgehead atoms. The first-order valence-corrected chi connectivity index (χ1v) is 17.9. The lowest BCUT2D eigenvalue weighted by atomic mass is 9.83. The number of aliphatic imine (C=N–C) groups is 1. The minimum Gasteiger partial charge on any atom is -0.294 e. The van der Waals surface area contributed by atoms with Gasteiger partial charge in [0.25, 0.3) is 0 Å². The van der Waals surface area contributed by atoms with E-state index in [0.29, 0.717) is 47.5 Å². The van der Waals surface area contributed by atoms with Crippen molar-refractivity contribution in [2.24, 2.45) is 4.99 Å². The fourth-order valence-electron chi connectivity index (χ4n) is 7.62. The van der Waals surface area contributed by atoms with Gasteiger partial charge in [0, 0.05) is 96.1 Å². The Labute approximate surface area is 307 Å². The standard InChI is InChI=1S/C40H23Cl4N3O.C2H6/c1-17-9-5-6-10-29(17)45-18(2)21-13-25(41)34-37-28(44)16-24-33-22(19(3)47-31-12-8-7-11-30(31)46-40(24)47)14-26(42)35(39(33)37)36-27(43)15-23(20(4)48)32(21)38(34)36;1-2/h5-16H,3H2,1-2,4H3;1-2H3. The van der Waals surface area contributed by atoms with E-state index in [-0.39, 0.29) is 5.78 Å². The summed E-state index contributed by atoms with van der Waals surface area (Å²) in [4.78, 5) is 23.4. The number of hydrogen-bond donors (Lipinski definition) is 0. The van der Waals surface area contributed by atoms with Gasteiger partial charge in [-0.05, 0) is 68.8 Å². The van der Waals surface area contributed by atoms with Crippen LogP contribution >= 0.6 is 46.4 Å². The van der Waals surface area contributed by atoms with Crippen molar-refractivity contribution in [3.8, 4) is 0 Å². The van der Waals surface area contributed by atoms with Crippen LogP contribution in [-0.4, -0.2) is 20.9 Å². The number of carbonyl (C=O) groups is 1. The first-order chi connectivity index (χ1) is 24.1. The summed E-state index contributed by atoms with van der Waals surface area (Å²) in [6, 6.07) is 23.4. The van der Waals surface area contributed by atoms with Crippen LogP contribution in [0.15, 0.2) is 77.8 Å². The zero-order chi connectivity index (χ0) is 35.3. The topological polar surface area (TPSA) is 46.7 Å². The summed E-state index contributed by atoms with van der Waals surface area (Å²) in [5.41, 5.74) is 6.30. The number of rotatable bonds is 3. The van der Waals surface area contributed by atoms with E-state index in [1.165, 1.54) is 0 Å². The minimum absolute atomic E-state index is 0.134. The number of carbonyl (C=O) groups excluding carboxylic acids is 1. The van der Waals surface area contributed by atoms with E-state index < -0.39 is 0 Å². The van der Waals surface area contributed by atoms with E-state index >= 15 is 0 Å². The largest absolute Gasteiger partial charge is 0.294 e. The molecular weight excluding hydrogens is 704 g/mol. The Balaban J connectivity index is 0.00000177. The van der Waals surface area contributed by atoms with Crippen LogP contribution in [0.1, 0.15) is 49.2 Å².